The molecule has 212 valence electrons. The number of hydrogen-bond acceptors (Lipinski definition) is 4. The lowest BCUT2D eigenvalue weighted by Crippen LogP contribution is -2.38. The number of hydrogen-bond donors (Lipinski definition) is 0. The van der Waals surface area contributed by atoms with Crippen molar-refractivity contribution in [1.82, 2.24) is 13.9 Å². The van der Waals surface area contributed by atoms with Crippen LogP contribution in [-0.4, -0.2) is 28.8 Å². The van der Waals surface area contributed by atoms with E-state index in [-0.39, 0.29) is 10.5 Å². The summed E-state index contributed by atoms with van der Waals surface area (Å²) in [5, 5.41) is 2.04. The van der Waals surface area contributed by atoms with Gasteiger partial charge in [-0.15, -0.1) is 0 Å². The van der Waals surface area contributed by atoms with Crippen molar-refractivity contribution in [2.75, 3.05) is 6.54 Å². The molecule has 5 rings (SSSR count). The smallest absolute Gasteiger partial charge is 0.266 e. The molecule has 1 heterocycles. The number of para-hydroxylation sites is 1. The van der Waals surface area contributed by atoms with Gasteiger partial charge in [0.2, 0.25) is 10.0 Å². The Hall–Kier alpha value is -3.81. The highest BCUT2D eigenvalue weighted by Gasteiger charge is 2.34. The summed E-state index contributed by atoms with van der Waals surface area (Å²) < 4.78 is 32.2. The largest absolute Gasteiger partial charge is 0.268 e. The molecule has 1 unspecified atom stereocenters. The number of unbranched alkanes of at least 4 members (excludes halogenated alkanes) is 3. The van der Waals surface area contributed by atoms with Gasteiger partial charge < -0.3 is 0 Å². The lowest BCUT2D eigenvalue weighted by Gasteiger charge is -2.30. The van der Waals surface area contributed by atoms with Crippen LogP contribution in [0.4, 0.5) is 0 Å². The topological polar surface area (TPSA) is 72.3 Å². The molecule has 6 nitrogen and oxygen atoms in total. The van der Waals surface area contributed by atoms with Crippen molar-refractivity contribution in [2.24, 2.45) is 0 Å². The molecule has 0 spiro atoms. The van der Waals surface area contributed by atoms with Gasteiger partial charge in [0.15, 0.2) is 0 Å². The highest BCUT2D eigenvalue weighted by Crippen LogP contribution is 2.32. The summed E-state index contributed by atoms with van der Waals surface area (Å²) in [5.41, 5.74) is 3.16. The molecule has 0 saturated carbocycles. The first-order valence-corrected chi connectivity index (χ1v) is 15.8. The van der Waals surface area contributed by atoms with Crippen molar-refractivity contribution < 1.29 is 8.42 Å². The molecule has 0 aliphatic carbocycles. The van der Waals surface area contributed by atoms with Crippen LogP contribution in [0, 0.1) is 13.8 Å². The average molecular weight is 568 g/mol. The third kappa shape index (κ3) is 5.56. The van der Waals surface area contributed by atoms with Gasteiger partial charge in [-0.2, -0.15) is 4.31 Å². The molecule has 0 radical (unpaired) electrons. The Morgan fingerprint density at radius 3 is 2.29 bits per heavy atom. The van der Waals surface area contributed by atoms with Crippen LogP contribution in [0.5, 0.6) is 0 Å². The van der Waals surface area contributed by atoms with E-state index in [1.54, 1.807) is 27.1 Å². The molecular formula is C34H37N3O3S. The van der Waals surface area contributed by atoms with Crippen molar-refractivity contribution >= 4 is 31.7 Å². The molecule has 4 aromatic carbocycles. The maximum absolute atomic E-state index is 14.5. The fourth-order valence-corrected chi connectivity index (χ4v) is 7.28. The van der Waals surface area contributed by atoms with E-state index < -0.39 is 16.1 Å². The average Bonchev–Trinajstić information content (AvgIpc) is 2.98. The van der Waals surface area contributed by atoms with E-state index in [0.717, 1.165) is 35.8 Å². The fraction of sp³-hybridized carbons (Fsp3) is 0.294. The first-order valence-electron chi connectivity index (χ1n) is 14.3. The Kier molecular flexibility index (Phi) is 8.38. The number of benzene rings is 4. The van der Waals surface area contributed by atoms with E-state index in [2.05, 4.69) is 6.92 Å². The highest BCUT2D eigenvalue weighted by molar-refractivity contribution is 7.89. The predicted molar refractivity (Wildman–Crippen MR) is 167 cm³/mol. The molecule has 5 aromatic rings. The summed E-state index contributed by atoms with van der Waals surface area (Å²) in [5.74, 6) is 0.399. The Morgan fingerprint density at radius 2 is 1.54 bits per heavy atom. The van der Waals surface area contributed by atoms with Gasteiger partial charge in [-0.25, -0.2) is 13.4 Å². The minimum Gasteiger partial charge on any atom is -0.268 e. The van der Waals surface area contributed by atoms with E-state index in [4.69, 9.17) is 4.98 Å². The molecule has 0 bridgehead atoms. The van der Waals surface area contributed by atoms with Crippen LogP contribution in [0.1, 0.15) is 62.5 Å². The van der Waals surface area contributed by atoms with Gasteiger partial charge in [0, 0.05) is 11.9 Å². The molecular weight excluding hydrogens is 530 g/mol. The van der Waals surface area contributed by atoms with Gasteiger partial charge in [-0.1, -0.05) is 80.8 Å². The van der Waals surface area contributed by atoms with Crippen LogP contribution in [0.15, 0.2) is 94.6 Å². The van der Waals surface area contributed by atoms with Crippen LogP contribution < -0.4 is 5.56 Å². The molecule has 0 saturated heterocycles. The second-order valence-electron chi connectivity index (χ2n) is 10.7. The van der Waals surface area contributed by atoms with Crippen LogP contribution in [-0.2, 0) is 10.0 Å². The lowest BCUT2D eigenvalue weighted by atomic mass is 10.1. The van der Waals surface area contributed by atoms with Gasteiger partial charge >= 0.3 is 0 Å². The third-order valence-corrected chi connectivity index (χ3v) is 9.95. The van der Waals surface area contributed by atoms with E-state index in [0.29, 0.717) is 40.8 Å². The summed E-state index contributed by atoms with van der Waals surface area (Å²) in [6.45, 7) is 8.33. The van der Waals surface area contributed by atoms with Crippen molar-refractivity contribution in [1.29, 1.82) is 0 Å². The van der Waals surface area contributed by atoms with Crippen molar-refractivity contribution in [3.05, 3.63) is 112 Å². The van der Waals surface area contributed by atoms with Crippen molar-refractivity contribution in [3.8, 4) is 5.69 Å². The molecule has 0 amide bonds. The zero-order chi connectivity index (χ0) is 29.1. The summed E-state index contributed by atoms with van der Waals surface area (Å²) in [7, 11) is -3.96. The number of fused-ring (bicyclic) bond motifs is 2. The van der Waals surface area contributed by atoms with E-state index >= 15 is 0 Å². The molecule has 1 aromatic heterocycles. The second-order valence-corrected chi connectivity index (χ2v) is 12.6. The number of sulfonamides is 1. The quantitative estimate of drug-likeness (QED) is 0.164. The number of aryl methyl sites for hydroxylation is 2. The van der Waals surface area contributed by atoms with Crippen LogP contribution in [0.3, 0.4) is 0 Å². The zero-order valence-electron chi connectivity index (χ0n) is 24.2. The zero-order valence-corrected chi connectivity index (χ0v) is 25.0. The predicted octanol–water partition coefficient (Wildman–Crippen LogP) is 7.49. The maximum atomic E-state index is 14.5. The van der Waals surface area contributed by atoms with Crippen molar-refractivity contribution in [3.63, 3.8) is 0 Å². The number of nitrogens with zero attached hydrogens (tertiary/aromatic N) is 3. The first-order chi connectivity index (χ1) is 19.7. The minimum atomic E-state index is -3.96. The summed E-state index contributed by atoms with van der Waals surface area (Å²) in [6.07, 6.45) is 3.70. The molecule has 41 heavy (non-hydrogen) atoms. The summed E-state index contributed by atoms with van der Waals surface area (Å²) >= 11 is 0. The standard InChI is InChI=1S/C34H37N3O3S/c1-5-6-7-12-22-36(41(39,40)32-19-13-15-27-14-8-9-16-29(27)32)26(4)33-35-31-18-11-10-17-30(31)34(38)37(33)28-21-20-24(2)25(3)23-28/h8-11,13-21,23,26H,5-7,12,22H2,1-4H3. The molecule has 7 heteroatoms. The number of aromatic nitrogens is 2. The Balaban J connectivity index is 1.72. The minimum absolute atomic E-state index is 0.214. The monoisotopic (exact) mass is 567 g/mol. The third-order valence-electron chi connectivity index (χ3n) is 7.92. The number of rotatable bonds is 10. The second kappa shape index (κ2) is 12.0. The molecule has 0 N–H and O–H groups in total. The molecule has 1 atom stereocenters. The van der Waals surface area contributed by atoms with Gasteiger partial charge in [-0.3, -0.25) is 9.36 Å². The SMILES string of the molecule is CCCCCCN(C(C)c1nc2ccccc2c(=O)n1-c1ccc(C)c(C)c1)S(=O)(=O)c1cccc2ccccc12. The van der Waals surface area contributed by atoms with E-state index in [1.807, 2.05) is 87.5 Å². The fourth-order valence-electron chi connectivity index (χ4n) is 5.44. The maximum Gasteiger partial charge on any atom is 0.266 e. The van der Waals surface area contributed by atoms with Crippen LogP contribution in [0.25, 0.3) is 27.4 Å². The summed E-state index contributed by atoms with van der Waals surface area (Å²) in [4.78, 5) is 19.2. The van der Waals surface area contributed by atoms with Gasteiger partial charge in [0.05, 0.1) is 27.5 Å². The van der Waals surface area contributed by atoms with E-state index in [9.17, 15) is 13.2 Å². The van der Waals surface area contributed by atoms with E-state index in [1.165, 1.54) is 0 Å². The first kappa shape index (κ1) is 28.7. The lowest BCUT2D eigenvalue weighted by molar-refractivity contribution is 0.319. The van der Waals surface area contributed by atoms with Crippen LogP contribution in [0.2, 0.25) is 0 Å². The van der Waals surface area contributed by atoms with Crippen LogP contribution >= 0.6 is 0 Å². The molecule has 0 aliphatic rings. The Bertz CT molecular complexity index is 1870. The van der Waals surface area contributed by atoms with Gasteiger partial charge in [0.1, 0.15) is 5.82 Å². The molecule has 0 aliphatic heterocycles. The van der Waals surface area contributed by atoms with Crippen molar-refractivity contribution in [2.45, 2.75) is 64.3 Å². The normalized spacial score (nSPS) is 12.8. The molecule has 0 fully saturated rings. The van der Waals surface area contributed by atoms with Gasteiger partial charge in [0.25, 0.3) is 5.56 Å². The van der Waals surface area contributed by atoms with Gasteiger partial charge in [-0.05, 0) is 74.0 Å². The highest BCUT2D eigenvalue weighted by atomic mass is 32.2. The Morgan fingerprint density at radius 1 is 0.829 bits per heavy atom. The summed E-state index contributed by atoms with van der Waals surface area (Å²) in [6, 6.07) is 25.3. The Labute approximate surface area is 242 Å².